The third kappa shape index (κ3) is 3.77. The van der Waals surface area contributed by atoms with Gasteiger partial charge in [0.2, 0.25) is 5.91 Å². The van der Waals surface area contributed by atoms with Gasteiger partial charge in [0, 0.05) is 5.69 Å². The van der Waals surface area contributed by atoms with E-state index >= 15 is 0 Å². The Morgan fingerprint density at radius 2 is 1.96 bits per heavy atom. The summed E-state index contributed by atoms with van der Waals surface area (Å²) >= 11 is 5.54. The number of anilines is 2. The Kier molecular flexibility index (Phi) is 4.95. The molecule has 130 valence electrons. The second-order valence-corrected chi connectivity index (χ2v) is 6.30. The summed E-state index contributed by atoms with van der Waals surface area (Å²) in [6.07, 6.45) is -0.554. The standard InChI is InChI=1S/C19H19ClN2O3/c1-12-3-5-14(6-4-12)11-22-16-9-15(21-18(23)10-20)7-8-17(16)25-13(2)19(22)24/h3-9,13H,10-11H2,1-2H3,(H,21,23). The van der Waals surface area contributed by atoms with Gasteiger partial charge in [0.1, 0.15) is 11.6 Å². The van der Waals surface area contributed by atoms with Crippen molar-refractivity contribution in [2.75, 3.05) is 16.1 Å². The number of ether oxygens (including phenoxy) is 1. The van der Waals surface area contributed by atoms with Crippen molar-refractivity contribution in [3.8, 4) is 5.75 Å². The van der Waals surface area contributed by atoms with Crippen molar-refractivity contribution in [2.45, 2.75) is 26.5 Å². The molecule has 2 amide bonds. The van der Waals surface area contributed by atoms with E-state index < -0.39 is 6.10 Å². The topological polar surface area (TPSA) is 58.6 Å². The number of nitrogens with one attached hydrogen (secondary N) is 1. The summed E-state index contributed by atoms with van der Waals surface area (Å²) in [5, 5.41) is 2.70. The number of fused-ring (bicyclic) bond motifs is 1. The van der Waals surface area contributed by atoms with Crippen LogP contribution >= 0.6 is 11.6 Å². The molecular formula is C19H19ClN2O3. The third-order valence-corrected chi connectivity index (χ3v) is 4.28. The number of benzene rings is 2. The quantitative estimate of drug-likeness (QED) is 0.851. The average Bonchev–Trinajstić information content (AvgIpc) is 2.61. The summed E-state index contributed by atoms with van der Waals surface area (Å²) < 4.78 is 5.69. The Hall–Kier alpha value is -2.53. The first-order valence-electron chi connectivity index (χ1n) is 8.01. The number of hydrogen-bond acceptors (Lipinski definition) is 3. The molecule has 2 aromatic rings. The predicted octanol–water partition coefficient (Wildman–Crippen LogP) is 3.49. The van der Waals surface area contributed by atoms with Crippen molar-refractivity contribution in [2.24, 2.45) is 0 Å². The van der Waals surface area contributed by atoms with E-state index in [0.717, 1.165) is 11.1 Å². The minimum atomic E-state index is -0.554. The van der Waals surface area contributed by atoms with Gasteiger partial charge in [-0.2, -0.15) is 0 Å². The number of amides is 2. The van der Waals surface area contributed by atoms with Gasteiger partial charge in [-0.15, -0.1) is 11.6 Å². The van der Waals surface area contributed by atoms with Crippen LogP contribution in [0.1, 0.15) is 18.1 Å². The molecule has 0 aliphatic carbocycles. The molecule has 6 heteroatoms. The van der Waals surface area contributed by atoms with Crippen molar-refractivity contribution >= 4 is 34.8 Å². The van der Waals surface area contributed by atoms with Crippen molar-refractivity contribution in [3.63, 3.8) is 0 Å². The fourth-order valence-corrected chi connectivity index (χ4v) is 2.79. The number of aryl methyl sites for hydroxylation is 1. The third-order valence-electron chi connectivity index (χ3n) is 4.03. The minimum Gasteiger partial charge on any atom is -0.479 e. The first-order chi connectivity index (χ1) is 12.0. The molecule has 1 heterocycles. The van der Waals surface area contributed by atoms with Crippen LogP contribution in [0, 0.1) is 6.92 Å². The maximum atomic E-state index is 12.6. The van der Waals surface area contributed by atoms with Gasteiger partial charge in [-0.25, -0.2) is 0 Å². The van der Waals surface area contributed by atoms with Crippen LogP contribution in [0.3, 0.4) is 0 Å². The monoisotopic (exact) mass is 358 g/mol. The molecular weight excluding hydrogens is 340 g/mol. The minimum absolute atomic E-state index is 0.117. The molecule has 0 aromatic heterocycles. The van der Waals surface area contributed by atoms with Crippen LogP contribution in [-0.4, -0.2) is 23.8 Å². The zero-order chi connectivity index (χ0) is 18.0. The lowest BCUT2D eigenvalue weighted by molar-refractivity contribution is -0.125. The molecule has 0 saturated heterocycles. The highest BCUT2D eigenvalue weighted by Crippen LogP contribution is 2.37. The van der Waals surface area contributed by atoms with E-state index in [2.05, 4.69) is 5.32 Å². The van der Waals surface area contributed by atoms with Crippen molar-refractivity contribution in [3.05, 3.63) is 53.6 Å². The number of carbonyl (C=O) groups excluding carboxylic acids is 2. The van der Waals surface area contributed by atoms with Gasteiger partial charge in [-0.05, 0) is 37.6 Å². The van der Waals surface area contributed by atoms with Crippen molar-refractivity contribution in [1.29, 1.82) is 0 Å². The Morgan fingerprint density at radius 3 is 2.64 bits per heavy atom. The summed E-state index contributed by atoms with van der Waals surface area (Å²) in [5.41, 5.74) is 3.39. The normalized spacial score (nSPS) is 16.2. The molecule has 2 aromatic carbocycles. The molecule has 5 nitrogen and oxygen atoms in total. The van der Waals surface area contributed by atoms with E-state index in [1.54, 1.807) is 30.0 Å². The second-order valence-electron chi connectivity index (χ2n) is 6.03. The van der Waals surface area contributed by atoms with E-state index in [1.165, 1.54) is 0 Å². The molecule has 1 atom stereocenters. The van der Waals surface area contributed by atoms with Crippen LogP contribution in [0.15, 0.2) is 42.5 Å². The highest BCUT2D eigenvalue weighted by molar-refractivity contribution is 6.29. The summed E-state index contributed by atoms with van der Waals surface area (Å²) in [5.74, 6) is 0.0662. The highest BCUT2D eigenvalue weighted by Gasteiger charge is 2.31. The van der Waals surface area contributed by atoms with Crippen LogP contribution in [0.4, 0.5) is 11.4 Å². The molecule has 0 saturated carbocycles. The Labute approximate surface area is 151 Å². The molecule has 0 spiro atoms. The van der Waals surface area contributed by atoms with Crippen molar-refractivity contribution < 1.29 is 14.3 Å². The first kappa shape index (κ1) is 17.3. The number of carbonyl (C=O) groups is 2. The Bertz CT molecular complexity index is 805. The molecule has 1 aliphatic rings. The molecule has 3 rings (SSSR count). The van der Waals surface area contributed by atoms with Gasteiger partial charge < -0.3 is 15.0 Å². The molecule has 0 bridgehead atoms. The van der Waals surface area contributed by atoms with Gasteiger partial charge in [0.05, 0.1) is 12.2 Å². The van der Waals surface area contributed by atoms with Crippen LogP contribution in [0.2, 0.25) is 0 Å². The highest BCUT2D eigenvalue weighted by atomic mass is 35.5. The fourth-order valence-electron chi connectivity index (χ4n) is 2.72. The molecule has 1 unspecified atom stereocenters. The summed E-state index contributed by atoms with van der Waals surface area (Å²) in [6.45, 7) is 4.19. The lowest BCUT2D eigenvalue weighted by Gasteiger charge is -2.33. The zero-order valence-electron chi connectivity index (χ0n) is 14.1. The van der Waals surface area contributed by atoms with Gasteiger partial charge in [0.25, 0.3) is 5.91 Å². The van der Waals surface area contributed by atoms with Gasteiger partial charge in [-0.1, -0.05) is 29.8 Å². The number of alkyl halides is 1. The van der Waals surface area contributed by atoms with E-state index in [9.17, 15) is 9.59 Å². The molecule has 1 N–H and O–H groups in total. The second kappa shape index (κ2) is 7.15. The molecule has 25 heavy (non-hydrogen) atoms. The Balaban J connectivity index is 1.94. The zero-order valence-corrected chi connectivity index (χ0v) is 14.8. The van der Waals surface area contributed by atoms with Crippen molar-refractivity contribution in [1.82, 2.24) is 0 Å². The fraction of sp³-hybridized carbons (Fsp3) is 0.263. The predicted molar refractivity (Wildman–Crippen MR) is 98.3 cm³/mol. The number of nitrogens with zero attached hydrogens (tertiary/aromatic N) is 1. The van der Waals surface area contributed by atoms with Gasteiger partial charge in [0.15, 0.2) is 6.10 Å². The van der Waals surface area contributed by atoms with Crippen LogP contribution in [0.5, 0.6) is 5.75 Å². The average molecular weight is 359 g/mol. The van der Waals surface area contributed by atoms with Gasteiger partial charge in [-0.3, -0.25) is 9.59 Å². The van der Waals surface area contributed by atoms with E-state index in [1.807, 2.05) is 31.2 Å². The van der Waals surface area contributed by atoms with E-state index in [0.29, 0.717) is 23.7 Å². The van der Waals surface area contributed by atoms with Gasteiger partial charge >= 0.3 is 0 Å². The van der Waals surface area contributed by atoms with E-state index in [4.69, 9.17) is 16.3 Å². The lowest BCUT2D eigenvalue weighted by atomic mass is 10.1. The number of hydrogen-bond donors (Lipinski definition) is 1. The lowest BCUT2D eigenvalue weighted by Crippen LogP contribution is -2.44. The van der Waals surface area contributed by atoms with Crippen LogP contribution in [0.25, 0.3) is 0 Å². The van der Waals surface area contributed by atoms with Crippen LogP contribution in [-0.2, 0) is 16.1 Å². The Morgan fingerprint density at radius 1 is 1.24 bits per heavy atom. The largest absolute Gasteiger partial charge is 0.479 e. The maximum Gasteiger partial charge on any atom is 0.268 e. The summed E-state index contributed by atoms with van der Waals surface area (Å²) in [7, 11) is 0. The smallest absolute Gasteiger partial charge is 0.268 e. The molecule has 0 fully saturated rings. The summed E-state index contributed by atoms with van der Waals surface area (Å²) in [6, 6.07) is 13.3. The maximum absolute atomic E-state index is 12.6. The SMILES string of the molecule is Cc1ccc(CN2C(=O)C(C)Oc3ccc(NC(=O)CCl)cc32)cc1. The summed E-state index contributed by atoms with van der Waals surface area (Å²) in [4.78, 5) is 25.8. The van der Waals surface area contributed by atoms with E-state index in [-0.39, 0.29) is 17.7 Å². The number of rotatable bonds is 4. The van der Waals surface area contributed by atoms with Crippen LogP contribution < -0.4 is 15.0 Å². The number of halogens is 1. The molecule has 1 aliphatic heterocycles. The molecule has 0 radical (unpaired) electrons. The first-order valence-corrected chi connectivity index (χ1v) is 8.55.